The molecule has 0 fully saturated rings. The maximum absolute atomic E-state index is 13.2. The Kier molecular flexibility index (Phi) is 3.74. The van der Waals surface area contributed by atoms with Crippen molar-refractivity contribution in [3.05, 3.63) is 29.6 Å². The number of amides is 1. The van der Waals surface area contributed by atoms with Crippen LogP contribution in [0.3, 0.4) is 0 Å². The van der Waals surface area contributed by atoms with Crippen LogP contribution < -0.4 is 10.6 Å². The number of rotatable bonds is 3. The average molecular weight is 229 g/mol. The van der Waals surface area contributed by atoms with Gasteiger partial charge in [-0.15, -0.1) is 9.24 Å². The van der Waals surface area contributed by atoms with Crippen LogP contribution in [0.4, 0.5) is 4.39 Å². The maximum Gasteiger partial charge on any atom is 0.322 e. The van der Waals surface area contributed by atoms with Gasteiger partial charge in [-0.3, -0.25) is 9.59 Å². The van der Waals surface area contributed by atoms with E-state index in [9.17, 15) is 14.0 Å². The number of halogens is 1. The summed E-state index contributed by atoms with van der Waals surface area (Å²) >= 11 is 0. The Morgan fingerprint density at radius 2 is 2.13 bits per heavy atom. The van der Waals surface area contributed by atoms with E-state index < -0.39 is 24.2 Å². The summed E-state index contributed by atoms with van der Waals surface area (Å²) in [4.78, 5) is 21.6. The van der Waals surface area contributed by atoms with Gasteiger partial charge in [0.15, 0.2) is 0 Å². The molecule has 0 heterocycles. The van der Waals surface area contributed by atoms with Gasteiger partial charge < -0.3 is 10.4 Å². The lowest BCUT2D eigenvalue weighted by molar-refractivity contribution is -0.135. The monoisotopic (exact) mass is 229 g/mol. The molecule has 1 atom stereocenters. The predicted octanol–water partition coefficient (Wildman–Crippen LogP) is 0.140. The second-order valence-corrected chi connectivity index (χ2v) is 3.40. The third-order valence-electron chi connectivity index (χ3n) is 1.67. The Morgan fingerprint density at radius 3 is 2.67 bits per heavy atom. The van der Waals surface area contributed by atoms with E-state index in [-0.39, 0.29) is 5.56 Å². The van der Waals surface area contributed by atoms with Crippen LogP contribution in [0.2, 0.25) is 0 Å². The summed E-state index contributed by atoms with van der Waals surface area (Å²) in [6, 6.07) is 4.15. The zero-order chi connectivity index (χ0) is 11.4. The number of benzene rings is 1. The largest absolute Gasteiger partial charge is 0.480 e. The number of carboxylic acid groups (broad SMARTS) is 1. The van der Waals surface area contributed by atoms with Crippen LogP contribution in [0, 0.1) is 5.82 Å². The molecule has 0 spiro atoms. The first kappa shape index (κ1) is 11.6. The van der Waals surface area contributed by atoms with Crippen LogP contribution >= 0.6 is 9.24 Å². The normalized spacial score (nSPS) is 9.73. The van der Waals surface area contributed by atoms with E-state index >= 15 is 0 Å². The molecule has 0 aliphatic carbocycles. The van der Waals surface area contributed by atoms with Crippen molar-refractivity contribution in [2.45, 2.75) is 0 Å². The fourth-order valence-corrected chi connectivity index (χ4v) is 1.40. The van der Waals surface area contributed by atoms with Crippen LogP contribution in [0.15, 0.2) is 18.2 Å². The average Bonchev–Trinajstić information content (AvgIpc) is 2.14. The Hall–Kier alpha value is -1.48. The van der Waals surface area contributed by atoms with Crippen molar-refractivity contribution < 1.29 is 19.1 Å². The van der Waals surface area contributed by atoms with Crippen molar-refractivity contribution in [2.75, 3.05) is 6.54 Å². The molecule has 0 bridgehead atoms. The molecule has 1 aromatic rings. The number of nitrogens with one attached hydrogen (secondary N) is 1. The van der Waals surface area contributed by atoms with Crippen LogP contribution in [0.5, 0.6) is 0 Å². The lowest BCUT2D eigenvalue weighted by atomic mass is 10.2. The molecule has 0 aliphatic heterocycles. The molecular formula is C9H9FNO3P. The Bertz CT molecular complexity index is 388. The number of carboxylic acids is 1. The molecule has 1 rings (SSSR count). The van der Waals surface area contributed by atoms with Crippen LogP contribution in [-0.2, 0) is 4.79 Å². The predicted molar refractivity (Wildman–Crippen MR) is 55.7 cm³/mol. The molecule has 4 nitrogen and oxygen atoms in total. The van der Waals surface area contributed by atoms with E-state index in [2.05, 4.69) is 14.6 Å². The first-order valence-electron chi connectivity index (χ1n) is 4.06. The molecule has 15 heavy (non-hydrogen) atoms. The fraction of sp³-hybridized carbons (Fsp3) is 0.111. The lowest BCUT2D eigenvalue weighted by Gasteiger charge is -2.06. The van der Waals surface area contributed by atoms with Crippen molar-refractivity contribution in [2.24, 2.45) is 0 Å². The van der Waals surface area contributed by atoms with Crippen molar-refractivity contribution in [3.63, 3.8) is 0 Å². The van der Waals surface area contributed by atoms with Crippen LogP contribution in [0.1, 0.15) is 10.4 Å². The van der Waals surface area contributed by atoms with E-state index in [4.69, 9.17) is 5.11 Å². The molecule has 0 aliphatic rings. The molecular weight excluding hydrogens is 220 g/mol. The van der Waals surface area contributed by atoms with Crippen LogP contribution in [-0.4, -0.2) is 23.5 Å². The molecule has 0 radical (unpaired) electrons. The zero-order valence-electron chi connectivity index (χ0n) is 7.66. The summed E-state index contributed by atoms with van der Waals surface area (Å²) in [5, 5.41) is 10.8. The third-order valence-corrected chi connectivity index (χ3v) is 2.15. The van der Waals surface area contributed by atoms with Gasteiger partial charge in [0.05, 0.1) is 5.56 Å². The number of aliphatic carboxylic acids is 1. The molecule has 0 saturated heterocycles. The second-order valence-electron chi connectivity index (χ2n) is 2.78. The number of hydrogen-bond acceptors (Lipinski definition) is 2. The van der Waals surface area contributed by atoms with E-state index in [1.807, 2.05) is 0 Å². The first-order chi connectivity index (χ1) is 7.02. The number of carbonyl (C=O) groups is 2. The van der Waals surface area contributed by atoms with Gasteiger partial charge in [0, 0.05) is 0 Å². The standard InChI is InChI=1S/C9H9FNO3P/c10-5-2-1-3-6(15)8(5)9(14)11-4-7(12)13/h1-3H,4,15H2,(H,11,14)(H,12,13). The summed E-state index contributed by atoms with van der Waals surface area (Å²) in [5.41, 5.74) is -0.149. The van der Waals surface area contributed by atoms with E-state index in [0.29, 0.717) is 5.30 Å². The van der Waals surface area contributed by atoms with Gasteiger partial charge in [0.1, 0.15) is 12.4 Å². The summed E-state index contributed by atoms with van der Waals surface area (Å²) in [6.07, 6.45) is 0. The van der Waals surface area contributed by atoms with Gasteiger partial charge in [-0.1, -0.05) is 12.1 Å². The molecule has 0 aromatic heterocycles. The van der Waals surface area contributed by atoms with Crippen LogP contribution in [0.25, 0.3) is 0 Å². The van der Waals surface area contributed by atoms with Crippen molar-refractivity contribution >= 4 is 26.4 Å². The molecule has 0 saturated carbocycles. The smallest absolute Gasteiger partial charge is 0.322 e. The Morgan fingerprint density at radius 1 is 1.47 bits per heavy atom. The SMILES string of the molecule is O=C(O)CNC(=O)c1c(F)cccc1P. The molecule has 80 valence electrons. The summed E-state index contributed by atoms with van der Waals surface area (Å²) in [7, 11) is 2.22. The third kappa shape index (κ3) is 2.99. The van der Waals surface area contributed by atoms with Gasteiger partial charge in [-0.25, -0.2) is 4.39 Å². The maximum atomic E-state index is 13.2. The summed E-state index contributed by atoms with van der Waals surface area (Å²) < 4.78 is 13.2. The Labute approximate surface area is 87.7 Å². The van der Waals surface area contributed by atoms with Crippen molar-refractivity contribution in [3.8, 4) is 0 Å². The highest BCUT2D eigenvalue weighted by molar-refractivity contribution is 7.27. The van der Waals surface area contributed by atoms with Gasteiger partial charge in [0.2, 0.25) is 0 Å². The highest BCUT2D eigenvalue weighted by Gasteiger charge is 2.14. The molecule has 1 unspecified atom stereocenters. The van der Waals surface area contributed by atoms with Gasteiger partial charge in [0.25, 0.3) is 5.91 Å². The molecule has 2 N–H and O–H groups in total. The highest BCUT2D eigenvalue weighted by Crippen LogP contribution is 2.06. The second kappa shape index (κ2) is 4.84. The van der Waals surface area contributed by atoms with Gasteiger partial charge >= 0.3 is 5.97 Å². The Balaban J connectivity index is 2.86. The van der Waals surface area contributed by atoms with E-state index in [0.717, 1.165) is 6.07 Å². The minimum atomic E-state index is -1.18. The van der Waals surface area contributed by atoms with Gasteiger partial charge in [-0.05, 0) is 11.4 Å². The molecule has 6 heteroatoms. The zero-order valence-corrected chi connectivity index (χ0v) is 8.81. The number of hydrogen-bond donors (Lipinski definition) is 2. The fourth-order valence-electron chi connectivity index (χ4n) is 1.02. The topological polar surface area (TPSA) is 66.4 Å². The van der Waals surface area contributed by atoms with E-state index in [1.54, 1.807) is 6.07 Å². The van der Waals surface area contributed by atoms with Crippen molar-refractivity contribution in [1.29, 1.82) is 0 Å². The lowest BCUT2D eigenvalue weighted by Crippen LogP contribution is -2.32. The number of carbonyl (C=O) groups excluding carboxylic acids is 1. The molecule has 1 amide bonds. The quantitative estimate of drug-likeness (QED) is 0.724. The minimum absolute atomic E-state index is 0.149. The summed E-state index contributed by atoms with van der Waals surface area (Å²) in [5.74, 6) is -2.59. The van der Waals surface area contributed by atoms with Crippen molar-refractivity contribution in [1.82, 2.24) is 5.32 Å². The molecule has 1 aromatic carbocycles. The first-order valence-corrected chi connectivity index (χ1v) is 4.64. The van der Waals surface area contributed by atoms with E-state index in [1.165, 1.54) is 6.07 Å². The highest BCUT2D eigenvalue weighted by atomic mass is 31.0. The summed E-state index contributed by atoms with van der Waals surface area (Å²) in [6.45, 7) is -0.530. The van der Waals surface area contributed by atoms with Gasteiger partial charge in [-0.2, -0.15) is 0 Å². The minimum Gasteiger partial charge on any atom is -0.480 e.